The fraction of sp³-hybridized carbons (Fsp3) is 0.387. The van der Waals surface area contributed by atoms with Gasteiger partial charge in [-0.05, 0) is 69.4 Å². The summed E-state index contributed by atoms with van der Waals surface area (Å²) in [5.41, 5.74) is 2.49. The second kappa shape index (κ2) is 13.6. The summed E-state index contributed by atoms with van der Waals surface area (Å²) in [6, 6.07) is 14.0. The maximum atomic E-state index is 13.7. The van der Waals surface area contributed by atoms with Crippen molar-refractivity contribution in [2.75, 3.05) is 25.0 Å². The normalized spacial score (nSPS) is 14.9. The highest BCUT2D eigenvalue weighted by Gasteiger charge is 2.30. The summed E-state index contributed by atoms with van der Waals surface area (Å²) >= 11 is 0. The number of pyridine rings is 1. The molecular formula is C31H36F3N5O2. The molecule has 1 aromatic heterocycles. The molecule has 4 rings (SSSR count). The number of rotatable bonds is 9. The number of anilines is 1. The molecule has 41 heavy (non-hydrogen) atoms. The molecule has 1 atom stereocenters. The van der Waals surface area contributed by atoms with Crippen LogP contribution in [0.5, 0.6) is 0 Å². The minimum absolute atomic E-state index is 0.0411. The second-order valence-electron chi connectivity index (χ2n) is 10.6. The first-order chi connectivity index (χ1) is 19.6. The Kier molecular flexibility index (Phi) is 9.99. The molecule has 10 heteroatoms. The summed E-state index contributed by atoms with van der Waals surface area (Å²) < 4.78 is 40.6. The standard InChI is InChI=1S/C31H36F3N5O2/c1-20-17-28(34)36-22(3)29(20)30(40)35-14-11-21(2)38-15-12-25(13-16-38)39(19-23-7-5-4-6-8-23)31(41)37-24-9-10-26(32)27(33)18-24/h4-10,17-18,21,25H,11-16,19H2,1-3H3,(H,35,40)(H,37,41). The highest BCUT2D eigenvalue weighted by Crippen LogP contribution is 2.23. The number of piperidine rings is 1. The van der Waals surface area contributed by atoms with E-state index in [1.54, 1.807) is 18.7 Å². The summed E-state index contributed by atoms with van der Waals surface area (Å²) in [4.78, 5) is 33.9. The zero-order valence-electron chi connectivity index (χ0n) is 23.6. The molecule has 2 heterocycles. The molecule has 1 fully saturated rings. The summed E-state index contributed by atoms with van der Waals surface area (Å²) in [5.74, 6) is -2.85. The number of nitrogens with one attached hydrogen (secondary N) is 2. The third-order valence-corrected chi connectivity index (χ3v) is 7.63. The van der Waals surface area contributed by atoms with E-state index in [1.165, 1.54) is 12.1 Å². The molecule has 0 radical (unpaired) electrons. The molecule has 0 bridgehead atoms. The van der Waals surface area contributed by atoms with Crippen molar-refractivity contribution in [1.82, 2.24) is 20.1 Å². The van der Waals surface area contributed by atoms with E-state index in [0.29, 0.717) is 29.9 Å². The first-order valence-electron chi connectivity index (χ1n) is 13.8. The predicted molar refractivity (Wildman–Crippen MR) is 152 cm³/mol. The molecule has 2 aromatic carbocycles. The van der Waals surface area contributed by atoms with E-state index in [9.17, 15) is 22.8 Å². The van der Waals surface area contributed by atoms with E-state index >= 15 is 0 Å². The molecule has 3 aromatic rings. The minimum Gasteiger partial charge on any atom is -0.352 e. The minimum atomic E-state index is -1.02. The maximum absolute atomic E-state index is 13.7. The van der Waals surface area contributed by atoms with E-state index in [4.69, 9.17) is 0 Å². The largest absolute Gasteiger partial charge is 0.352 e. The van der Waals surface area contributed by atoms with Gasteiger partial charge in [-0.1, -0.05) is 30.3 Å². The van der Waals surface area contributed by atoms with Crippen molar-refractivity contribution in [1.29, 1.82) is 0 Å². The lowest BCUT2D eigenvalue weighted by Crippen LogP contribution is -2.50. The number of likely N-dealkylation sites (tertiary alicyclic amines) is 1. The number of aryl methyl sites for hydroxylation is 2. The SMILES string of the molecule is Cc1cc(F)nc(C)c1C(=O)NCCC(C)N1CCC(N(Cc2ccccc2)C(=O)Nc2ccc(F)c(F)c2)CC1. The van der Waals surface area contributed by atoms with Gasteiger partial charge in [0.1, 0.15) is 0 Å². The third kappa shape index (κ3) is 7.85. The van der Waals surface area contributed by atoms with Crippen molar-refractivity contribution in [3.8, 4) is 0 Å². The average Bonchev–Trinajstić information content (AvgIpc) is 2.94. The summed E-state index contributed by atoms with van der Waals surface area (Å²) in [5, 5.41) is 5.66. The van der Waals surface area contributed by atoms with Crippen molar-refractivity contribution in [3.05, 3.63) is 94.6 Å². The molecule has 7 nitrogen and oxygen atoms in total. The van der Waals surface area contributed by atoms with E-state index in [0.717, 1.165) is 50.0 Å². The van der Waals surface area contributed by atoms with Crippen molar-refractivity contribution < 1.29 is 22.8 Å². The first-order valence-corrected chi connectivity index (χ1v) is 13.8. The average molecular weight is 568 g/mol. The van der Waals surface area contributed by atoms with Crippen LogP contribution in [-0.4, -0.2) is 58.4 Å². The smallest absolute Gasteiger partial charge is 0.322 e. The molecule has 0 aliphatic carbocycles. The van der Waals surface area contributed by atoms with Crippen LogP contribution in [0.2, 0.25) is 0 Å². The predicted octanol–water partition coefficient (Wildman–Crippen LogP) is 5.82. The van der Waals surface area contributed by atoms with Gasteiger partial charge in [0.05, 0.1) is 11.3 Å². The van der Waals surface area contributed by atoms with Crippen LogP contribution in [0, 0.1) is 31.4 Å². The Hall–Kier alpha value is -3.92. The topological polar surface area (TPSA) is 77.6 Å². The highest BCUT2D eigenvalue weighted by molar-refractivity contribution is 5.96. The monoisotopic (exact) mass is 567 g/mol. The van der Waals surface area contributed by atoms with Crippen LogP contribution >= 0.6 is 0 Å². The van der Waals surface area contributed by atoms with Gasteiger partial charge in [0.25, 0.3) is 5.91 Å². The number of hydrogen-bond donors (Lipinski definition) is 2. The van der Waals surface area contributed by atoms with Crippen LogP contribution in [0.25, 0.3) is 0 Å². The number of aromatic nitrogens is 1. The molecule has 0 saturated carbocycles. The number of hydrogen-bond acceptors (Lipinski definition) is 4. The van der Waals surface area contributed by atoms with Crippen LogP contribution in [0.15, 0.2) is 54.6 Å². The molecule has 1 saturated heterocycles. The van der Waals surface area contributed by atoms with E-state index in [-0.39, 0.29) is 29.7 Å². The van der Waals surface area contributed by atoms with Crippen molar-refractivity contribution in [2.24, 2.45) is 0 Å². The van der Waals surface area contributed by atoms with Gasteiger partial charge in [-0.2, -0.15) is 4.39 Å². The molecule has 3 amide bonds. The van der Waals surface area contributed by atoms with E-state index in [1.807, 2.05) is 30.3 Å². The second-order valence-corrected chi connectivity index (χ2v) is 10.6. The number of amides is 3. The van der Waals surface area contributed by atoms with E-state index in [2.05, 4.69) is 27.4 Å². The van der Waals surface area contributed by atoms with Gasteiger partial charge in [0.2, 0.25) is 5.95 Å². The van der Waals surface area contributed by atoms with Gasteiger partial charge in [0.15, 0.2) is 11.6 Å². The molecule has 1 aliphatic heterocycles. The Morgan fingerprint density at radius 3 is 2.39 bits per heavy atom. The quantitative estimate of drug-likeness (QED) is 0.320. The maximum Gasteiger partial charge on any atom is 0.322 e. The van der Waals surface area contributed by atoms with Gasteiger partial charge in [-0.15, -0.1) is 0 Å². The lowest BCUT2D eigenvalue weighted by Gasteiger charge is -2.40. The van der Waals surface area contributed by atoms with Gasteiger partial charge >= 0.3 is 6.03 Å². The number of nitrogens with zero attached hydrogens (tertiary/aromatic N) is 3. The Bertz CT molecular complexity index is 1340. The van der Waals surface area contributed by atoms with Gasteiger partial charge < -0.3 is 20.4 Å². The number of urea groups is 1. The molecule has 218 valence electrons. The van der Waals surface area contributed by atoms with Crippen LogP contribution < -0.4 is 10.6 Å². The fourth-order valence-electron chi connectivity index (χ4n) is 5.35. The summed E-state index contributed by atoms with van der Waals surface area (Å²) in [7, 11) is 0. The Balaban J connectivity index is 1.33. The van der Waals surface area contributed by atoms with Crippen molar-refractivity contribution in [3.63, 3.8) is 0 Å². The molecule has 1 aliphatic rings. The first kappa shape index (κ1) is 30.0. The van der Waals surface area contributed by atoms with Crippen molar-refractivity contribution >= 4 is 17.6 Å². The number of benzene rings is 2. The lowest BCUT2D eigenvalue weighted by atomic mass is 10.00. The molecule has 0 spiro atoms. The number of carbonyl (C=O) groups is 2. The van der Waals surface area contributed by atoms with Crippen LogP contribution in [0.1, 0.15) is 53.4 Å². The zero-order valence-corrected chi connectivity index (χ0v) is 23.6. The van der Waals surface area contributed by atoms with Crippen molar-refractivity contribution in [2.45, 2.75) is 58.7 Å². The zero-order chi connectivity index (χ0) is 29.5. The van der Waals surface area contributed by atoms with E-state index < -0.39 is 17.6 Å². The molecule has 2 N–H and O–H groups in total. The van der Waals surface area contributed by atoms with Gasteiger partial charge in [-0.25, -0.2) is 18.6 Å². The van der Waals surface area contributed by atoms with Crippen LogP contribution in [-0.2, 0) is 6.54 Å². The third-order valence-electron chi connectivity index (χ3n) is 7.63. The highest BCUT2D eigenvalue weighted by atomic mass is 19.2. The number of halogens is 3. The molecular weight excluding hydrogens is 531 g/mol. The van der Waals surface area contributed by atoms with Gasteiger partial charge in [-0.3, -0.25) is 4.79 Å². The van der Waals surface area contributed by atoms with Crippen LogP contribution in [0.3, 0.4) is 0 Å². The van der Waals surface area contributed by atoms with Crippen LogP contribution in [0.4, 0.5) is 23.7 Å². The fourth-order valence-corrected chi connectivity index (χ4v) is 5.35. The number of carbonyl (C=O) groups excluding carboxylic acids is 2. The summed E-state index contributed by atoms with van der Waals surface area (Å²) in [6.45, 7) is 7.82. The lowest BCUT2D eigenvalue weighted by molar-refractivity contribution is 0.0918. The summed E-state index contributed by atoms with van der Waals surface area (Å²) in [6.07, 6.45) is 2.22. The van der Waals surface area contributed by atoms with Gasteiger partial charge in [0, 0.05) is 50.0 Å². The molecule has 1 unspecified atom stereocenters. The Labute approximate surface area is 238 Å². The Morgan fingerprint density at radius 2 is 1.73 bits per heavy atom. The Morgan fingerprint density at radius 1 is 1.02 bits per heavy atom.